The molecule has 0 radical (unpaired) electrons. The second-order valence-electron chi connectivity index (χ2n) is 10.7. The highest BCUT2D eigenvalue weighted by atomic mass is 32.2. The first-order valence-corrected chi connectivity index (χ1v) is 15.0. The van der Waals surface area contributed by atoms with E-state index < -0.39 is 29.1 Å². The molecular weight excluding hydrogens is 560 g/mol. The Labute approximate surface area is 242 Å². The summed E-state index contributed by atoms with van der Waals surface area (Å²) in [7, 11) is 0. The number of carbonyl (C=O) groups is 1. The van der Waals surface area contributed by atoms with Crippen LogP contribution >= 0.6 is 11.9 Å². The van der Waals surface area contributed by atoms with E-state index in [4.69, 9.17) is 5.11 Å². The van der Waals surface area contributed by atoms with Gasteiger partial charge in [0, 0.05) is 67.6 Å². The monoisotopic (exact) mass is 598 g/mol. The number of amides is 1. The lowest BCUT2D eigenvalue weighted by Crippen LogP contribution is -2.40. The Morgan fingerprint density at radius 1 is 1.07 bits per heavy atom. The zero-order valence-corrected chi connectivity index (χ0v) is 24.6. The maximum absolute atomic E-state index is 14.5. The van der Waals surface area contributed by atoms with Crippen LogP contribution in [-0.4, -0.2) is 71.4 Å². The highest BCUT2D eigenvalue weighted by Gasteiger charge is 2.78. The van der Waals surface area contributed by atoms with Gasteiger partial charge in [-0.15, -0.1) is 0 Å². The molecule has 2 unspecified atom stereocenters. The van der Waals surface area contributed by atoms with Crippen LogP contribution < -0.4 is 19.8 Å². The van der Waals surface area contributed by atoms with Crippen LogP contribution in [0, 0.1) is 18.3 Å². The molecule has 3 heterocycles. The van der Waals surface area contributed by atoms with Gasteiger partial charge in [0.15, 0.2) is 0 Å². The van der Waals surface area contributed by atoms with Crippen molar-refractivity contribution in [2.75, 3.05) is 58.4 Å². The summed E-state index contributed by atoms with van der Waals surface area (Å²) < 4.78 is 59.3. The molecule has 1 aromatic heterocycles. The van der Waals surface area contributed by atoms with E-state index in [9.17, 15) is 22.4 Å². The molecule has 0 bridgehead atoms. The number of nitrogens with one attached hydrogen (secondary N) is 2. The number of aliphatic hydroxyl groups is 1. The van der Waals surface area contributed by atoms with Crippen molar-refractivity contribution in [3.8, 4) is 0 Å². The number of rotatable bonds is 8. The molecule has 3 fully saturated rings. The van der Waals surface area contributed by atoms with E-state index in [2.05, 4.69) is 20.0 Å². The molecule has 1 amide bonds. The molecule has 2 saturated heterocycles. The van der Waals surface area contributed by atoms with Gasteiger partial charge in [0.25, 0.3) is 17.8 Å². The molecule has 1 aliphatic carbocycles. The van der Waals surface area contributed by atoms with Crippen LogP contribution in [0.1, 0.15) is 56.1 Å². The first-order chi connectivity index (χ1) is 19.4. The summed E-state index contributed by atoms with van der Waals surface area (Å²) >= 11 is 1.30. The number of benzene rings is 1. The fourth-order valence-corrected chi connectivity index (χ4v) is 5.92. The van der Waals surface area contributed by atoms with Crippen molar-refractivity contribution in [1.29, 1.82) is 0 Å². The normalized spacial score (nSPS) is 24.1. The van der Waals surface area contributed by atoms with Gasteiger partial charge in [0.1, 0.15) is 5.82 Å². The number of piperidine rings is 2. The van der Waals surface area contributed by atoms with Crippen LogP contribution in [0.4, 0.5) is 40.7 Å². The van der Waals surface area contributed by atoms with E-state index in [0.29, 0.717) is 41.4 Å². The number of alkyl halides is 4. The number of fused-ring (bicyclic) bond motifs is 1. The molecule has 2 atom stereocenters. The van der Waals surface area contributed by atoms with Crippen molar-refractivity contribution in [1.82, 2.24) is 9.97 Å². The minimum absolute atomic E-state index is 0.00726. The van der Waals surface area contributed by atoms with Crippen molar-refractivity contribution in [3.63, 3.8) is 0 Å². The Morgan fingerprint density at radius 2 is 1.76 bits per heavy atom. The molecule has 3 N–H and O–H groups in total. The molecule has 13 heteroatoms. The summed E-state index contributed by atoms with van der Waals surface area (Å²) in [6.07, 6.45) is -0.269. The lowest BCUT2D eigenvalue weighted by Gasteiger charge is -2.32. The van der Waals surface area contributed by atoms with Gasteiger partial charge in [-0.05, 0) is 31.5 Å². The summed E-state index contributed by atoms with van der Waals surface area (Å²) in [5.74, 6) is -5.73. The average Bonchev–Trinajstić information content (AvgIpc) is 3.39. The van der Waals surface area contributed by atoms with Gasteiger partial charge >= 0.3 is 0 Å². The van der Waals surface area contributed by atoms with Crippen LogP contribution in [0.25, 0.3) is 0 Å². The van der Waals surface area contributed by atoms with Crippen molar-refractivity contribution < 1.29 is 27.5 Å². The van der Waals surface area contributed by atoms with Crippen molar-refractivity contribution in [2.45, 2.75) is 58.8 Å². The summed E-state index contributed by atoms with van der Waals surface area (Å²) in [4.78, 5) is 25.8. The number of carbonyl (C=O) groups excluding carboxylic acids is 1. The lowest BCUT2D eigenvalue weighted by atomic mass is 9.96. The second-order valence-corrected chi connectivity index (χ2v) is 11.6. The third-order valence-corrected chi connectivity index (χ3v) is 8.78. The van der Waals surface area contributed by atoms with Gasteiger partial charge < -0.3 is 24.9 Å². The number of anilines is 4. The quantitative estimate of drug-likeness (QED) is 0.199. The van der Waals surface area contributed by atoms with Crippen LogP contribution in [0.5, 0.6) is 0 Å². The Morgan fingerprint density at radius 3 is 2.41 bits per heavy atom. The molecule has 5 rings (SSSR count). The Balaban J connectivity index is 0.00000189. The van der Waals surface area contributed by atoms with Crippen LogP contribution in [-0.2, 0) is 0 Å². The standard InChI is InChI=1S/C26H32F4N6O2S.C2H6/c1-16-13-21(33-23(31-16)35-9-6-25(27,28)7-10-35)32-22(38)18-4-3-17(34-39-12-11-37)14-19(18)36-8-5-24(2)20(15-36)26(24,29)30;1-2/h3-4,13-14,20,34,37H,5-12,15H2,1-2H3,(H,31,32,33,38);1-2H3. The van der Waals surface area contributed by atoms with E-state index in [1.54, 1.807) is 43.0 Å². The van der Waals surface area contributed by atoms with Crippen molar-refractivity contribution >= 4 is 41.0 Å². The van der Waals surface area contributed by atoms with Crippen molar-refractivity contribution in [3.05, 3.63) is 35.5 Å². The predicted octanol–water partition coefficient (Wildman–Crippen LogP) is 5.83. The van der Waals surface area contributed by atoms with Crippen LogP contribution in [0.2, 0.25) is 0 Å². The molecular formula is C28H38F4N6O2S. The van der Waals surface area contributed by atoms with E-state index in [1.807, 2.05) is 18.7 Å². The van der Waals surface area contributed by atoms with Gasteiger partial charge in [-0.25, -0.2) is 22.5 Å². The molecule has 1 aromatic carbocycles. The van der Waals surface area contributed by atoms with E-state index in [1.165, 1.54) is 11.9 Å². The second kappa shape index (κ2) is 12.2. The number of aryl methyl sites for hydroxylation is 1. The molecule has 1 saturated carbocycles. The SMILES string of the molecule is CC.Cc1cc(NC(=O)c2ccc(NSCCO)cc2N2CCC3(C)C(C2)C3(F)F)nc(N2CCC(F)(F)CC2)n1. The molecule has 41 heavy (non-hydrogen) atoms. The zero-order valence-electron chi connectivity index (χ0n) is 23.8. The Bertz CT molecular complexity index is 1240. The number of hydrogen-bond donors (Lipinski definition) is 3. The number of hydrogen-bond acceptors (Lipinski definition) is 8. The fourth-order valence-electron chi connectivity index (χ4n) is 5.43. The molecule has 226 valence electrons. The van der Waals surface area contributed by atoms with E-state index >= 15 is 0 Å². The summed E-state index contributed by atoms with van der Waals surface area (Å²) in [5, 5.41) is 11.9. The molecule has 8 nitrogen and oxygen atoms in total. The minimum Gasteiger partial charge on any atom is -0.395 e. The smallest absolute Gasteiger partial charge is 0.259 e. The summed E-state index contributed by atoms with van der Waals surface area (Å²) in [5.41, 5.74) is 1.07. The maximum Gasteiger partial charge on any atom is 0.259 e. The van der Waals surface area contributed by atoms with Gasteiger partial charge in [0.05, 0.1) is 23.8 Å². The van der Waals surface area contributed by atoms with E-state index in [0.717, 1.165) is 0 Å². The Kier molecular flexibility index (Phi) is 9.27. The van der Waals surface area contributed by atoms with Gasteiger partial charge in [-0.1, -0.05) is 32.7 Å². The number of nitrogens with zero attached hydrogens (tertiary/aromatic N) is 4. The highest BCUT2D eigenvalue weighted by Crippen LogP contribution is 2.69. The minimum atomic E-state index is -2.73. The lowest BCUT2D eigenvalue weighted by molar-refractivity contribution is -0.0222. The van der Waals surface area contributed by atoms with Crippen molar-refractivity contribution in [2.24, 2.45) is 11.3 Å². The largest absolute Gasteiger partial charge is 0.395 e. The number of aromatic nitrogens is 2. The zero-order chi connectivity index (χ0) is 30.0. The third-order valence-electron chi connectivity index (χ3n) is 8.02. The molecule has 3 aliphatic rings. The van der Waals surface area contributed by atoms with Crippen LogP contribution in [0.15, 0.2) is 24.3 Å². The van der Waals surface area contributed by atoms with Gasteiger partial charge in [-0.2, -0.15) is 4.98 Å². The first kappa shape index (κ1) is 31.1. The predicted molar refractivity (Wildman–Crippen MR) is 155 cm³/mol. The van der Waals surface area contributed by atoms with Gasteiger partial charge in [-0.3, -0.25) is 4.79 Å². The average molecular weight is 599 g/mol. The van der Waals surface area contributed by atoms with Crippen LogP contribution in [0.3, 0.4) is 0 Å². The summed E-state index contributed by atoms with van der Waals surface area (Å²) in [6.45, 7) is 8.07. The Hall–Kier alpha value is -2.80. The molecule has 0 spiro atoms. The highest BCUT2D eigenvalue weighted by molar-refractivity contribution is 8.00. The molecule has 2 aromatic rings. The maximum atomic E-state index is 14.5. The summed E-state index contributed by atoms with van der Waals surface area (Å²) in [6, 6.07) is 6.70. The third kappa shape index (κ3) is 6.50. The van der Waals surface area contributed by atoms with E-state index in [-0.39, 0.29) is 50.8 Å². The van der Waals surface area contributed by atoms with Gasteiger partial charge in [0.2, 0.25) is 5.95 Å². The number of aliphatic hydroxyl groups excluding tert-OH is 1. The topological polar surface area (TPSA) is 93.6 Å². The first-order valence-electron chi connectivity index (χ1n) is 14.0. The molecule has 2 aliphatic heterocycles. The number of halogens is 4. The fraction of sp³-hybridized carbons (Fsp3) is 0.607.